The summed E-state index contributed by atoms with van der Waals surface area (Å²) in [5.74, 6) is 0.0543. The summed E-state index contributed by atoms with van der Waals surface area (Å²) in [6, 6.07) is 0. The second-order valence-corrected chi connectivity index (χ2v) is 3.73. The summed E-state index contributed by atoms with van der Waals surface area (Å²) in [6.45, 7) is 1.90. The molecule has 1 atom stereocenters. The van der Waals surface area contributed by atoms with Crippen molar-refractivity contribution in [3.05, 3.63) is 12.2 Å². The van der Waals surface area contributed by atoms with E-state index < -0.39 is 11.6 Å². The van der Waals surface area contributed by atoms with Gasteiger partial charge in [-0.3, -0.25) is 0 Å². The fourth-order valence-electron chi connectivity index (χ4n) is 1.18. The molecule has 0 fully saturated rings. The summed E-state index contributed by atoms with van der Waals surface area (Å²) in [5.41, 5.74) is -1.53. The van der Waals surface area contributed by atoms with Gasteiger partial charge in [0.2, 0.25) is 0 Å². The van der Waals surface area contributed by atoms with Crippen LogP contribution in [0.25, 0.3) is 0 Å². The molecule has 2 N–H and O–H groups in total. The lowest BCUT2D eigenvalue weighted by molar-refractivity contribution is -0.159. The maximum Gasteiger partial charge on any atom is 0.338 e. The first-order valence-corrected chi connectivity index (χ1v) is 4.82. The molecule has 0 saturated heterocycles. The van der Waals surface area contributed by atoms with Crippen molar-refractivity contribution in [3.8, 4) is 0 Å². The molecule has 7 heteroatoms. The summed E-state index contributed by atoms with van der Waals surface area (Å²) < 4.78 is 6.21. The zero-order valence-electron chi connectivity index (χ0n) is 9.60. The number of esters is 1. The van der Waals surface area contributed by atoms with Crippen LogP contribution in [0.3, 0.4) is 0 Å². The lowest BCUT2D eigenvalue weighted by Crippen LogP contribution is -2.45. The number of aromatic nitrogens is 3. The Balaban J connectivity index is 2.41. The fraction of sp³-hybridized carbons (Fsp3) is 0.667. The van der Waals surface area contributed by atoms with Crippen LogP contribution in [0.5, 0.6) is 0 Å². The minimum absolute atomic E-state index is 0.0898. The van der Waals surface area contributed by atoms with E-state index in [0.717, 1.165) is 5.82 Å². The van der Waals surface area contributed by atoms with E-state index in [2.05, 4.69) is 20.3 Å². The first-order chi connectivity index (χ1) is 7.47. The molecular weight excluding hydrogens is 212 g/mol. The minimum Gasteiger partial charge on any atom is -0.467 e. The van der Waals surface area contributed by atoms with Gasteiger partial charge in [0, 0.05) is 13.6 Å². The number of aryl methyl sites for hydroxylation is 1. The number of rotatable bonds is 5. The molecule has 1 unspecified atom stereocenters. The van der Waals surface area contributed by atoms with Crippen LogP contribution in [0.1, 0.15) is 12.7 Å². The molecule has 1 aromatic heterocycles. The summed E-state index contributed by atoms with van der Waals surface area (Å²) in [7, 11) is 3.05. The van der Waals surface area contributed by atoms with Gasteiger partial charge < -0.3 is 19.7 Å². The standard InChI is InChI=1S/C9H16N4O3/c1-9(15,8(14)16-3)5-10-4-7-12-11-6-13(7)2/h6,10,15H,4-5H2,1-3H3. The molecular formula is C9H16N4O3. The lowest BCUT2D eigenvalue weighted by Gasteiger charge is -2.20. The number of hydrogen-bond donors (Lipinski definition) is 2. The van der Waals surface area contributed by atoms with Crippen LogP contribution in [-0.4, -0.2) is 45.1 Å². The largest absolute Gasteiger partial charge is 0.467 e. The maximum atomic E-state index is 11.1. The molecule has 0 spiro atoms. The molecule has 0 bridgehead atoms. The Hall–Kier alpha value is -1.47. The summed E-state index contributed by atoms with van der Waals surface area (Å²) in [6.07, 6.45) is 1.58. The van der Waals surface area contributed by atoms with Gasteiger partial charge in [-0.2, -0.15) is 0 Å². The molecule has 0 radical (unpaired) electrons. The van der Waals surface area contributed by atoms with Gasteiger partial charge in [0.15, 0.2) is 5.60 Å². The predicted molar refractivity (Wildman–Crippen MR) is 55.3 cm³/mol. The number of methoxy groups -OCH3 is 1. The van der Waals surface area contributed by atoms with E-state index in [4.69, 9.17) is 0 Å². The Labute approximate surface area is 93.4 Å². The van der Waals surface area contributed by atoms with Gasteiger partial charge >= 0.3 is 5.97 Å². The average Bonchev–Trinajstić information content (AvgIpc) is 2.63. The molecule has 16 heavy (non-hydrogen) atoms. The number of ether oxygens (including phenoxy) is 1. The van der Waals surface area contributed by atoms with E-state index in [1.165, 1.54) is 14.0 Å². The van der Waals surface area contributed by atoms with E-state index in [0.29, 0.717) is 6.54 Å². The third-order valence-electron chi connectivity index (χ3n) is 2.18. The van der Waals surface area contributed by atoms with Crippen molar-refractivity contribution in [2.45, 2.75) is 19.1 Å². The molecule has 7 nitrogen and oxygen atoms in total. The first kappa shape index (κ1) is 12.6. The van der Waals surface area contributed by atoms with Crippen molar-refractivity contribution >= 4 is 5.97 Å². The van der Waals surface area contributed by atoms with E-state index >= 15 is 0 Å². The Kier molecular flexibility index (Phi) is 3.97. The molecule has 0 aromatic carbocycles. The highest BCUT2D eigenvalue weighted by Gasteiger charge is 2.30. The summed E-state index contributed by atoms with van der Waals surface area (Å²) in [5, 5.41) is 20.2. The van der Waals surface area contributed by atoms with Crippen molar-refractivity contribution in [1.29, 1.82) is 0 Å². The van der Waals surface area contributed by atoms with Crippen molar-refractivity contribution in [2.24, 2.45) is 7.05 Å². The van der Waals surface area contributed by atoms with Crippen molar-refractivity contribution in [3.63, 3.8) is 0 Å². The zero-order chi connectivity index (χ0) is 12.2. The van der Waals surface area contributed by atoms with Crippen LogP contribution >= 0.6 is 0 Å². The number of aliphatic hydroxyl groups is 1. The van der Waals surface area contributed by atoms with E-state index in [9.17, 15) is 9.90 Å². The highest BCUT2D eigenvalue weighted by Crippen LogP contribution is 2.04. The molecule has 0 amide bonds. The van der Waals surface area contributed by atoms with Gasteiger partial charge in [0.05, 0.1) is 13.7 Å². The molecule has 1 aromatic rings. The van der Waals surface area contributed by atoms with Gasteiger partial charge in [-0.05, 0) is 6.92 Å². The third kappa shape index (κ3) is 3.01. The molecule has 0 aliphatic heterocycles. The first-order valence-electron chi connectivity index (χ1n) is 4.82. The molecule has 0 aliphatic carbocycles. The zero-order valence-corrected chi connectivity index (χ0v) is 9.60. The SMILES string of the molecule is COC(=O)C(C)(O)CNCc1nncn1C. The van der Waals surface area contributed by atoms with Crippen LogP contribution in [0, 0.1) is 0 Å². The second-order valence-electron chi connectivity index (χ2n) is 3.73. The highest BCUT2D eigenvalue weighted by atomic mass is 16.5. The average molecular weight is 228 g/mol. The molecule has 90 valence electrons. The van der Waals surface area contributed by atoms with E-state index in [1.807, 2.05) is 7.05 Å². The predicted octanol–water partition coefficient (Wildman–Crippen LogP) is -1.17. The molecule has 1 rings (SSSR count). The topological polar surface area (TPSA) is 89.3 Å². The van der Waals surface area contributed by atoms with Crippen LogP contribution in [-0.2, 0) is 23.1 Å². The Morgan fingerprint density at radius 1 is 1.75 bits per heavy atom. The van der Waals surface area contributed by atoms with Crippen molar-refractivity contribution < 1.29 is 14.6 Å². The lowest BCUT2D eigenvalue weighted by atomic mass is 10.1. The fourth-order valence-corrected chi connectivity index (χ4v) is 1.18. The summed E-state index contributed by atoms with van der Waals surface area (Å²) in [4.78, 5) is 11.1. The Morgan fingerprint density at radius 3 is 2.94 bits per heavy atom. The monoisotopic (exact) mass is 228 g/mol. The van der Waals surface area contributed by atoms with Crippen LogP contribution in [0.15, 0.2) is 6.33 Å². The van der Waals surface area contributed by atoms with E-state index in [-0.39, 0.29) is 6.54 Å². The third-order valence-corrected chi connectivity index (χ3v) is 2.18. The number of carbonyl (C=O) groups is 1. The Morgan fingerprint density at radius 2 is 2.44 bits per heavy atom. The van der Waals surface area contributed by atoms with Gasteiger partial charge in [-0.25, -0.2) is 4.79 Å². The normalized spacial score (nSPS) is 14.5. The van der Waals surface area contributed by atoms with Gasteiger partial charge in [0.1, 0.15) is 12.2 Å². The van der Waals surface area contributed by atoms with E-state index in [1.54, 1.807) is 10.9 Å². The molecule has 1 heterocycles. The maximum absolute atomic E-state index is 11.1. The van der Waals surface area contributed by atoms with Crippen LogP contribution < -0.4 is 5.32 Å². The highest BCUT2D eigenvalue weighted by molar-refractivity contribution is 5.78. The van der Waals surface area contributed by atoms with Gasteiger partial charge in [-0.15, -0.1) is 10.2 Å². The minimum atomic E-state index is -1.53. The van der Waals surface area contributed by atoms with Crippen molar-refractivity contribution in [1.82, 2.24) is 20.1 Å². The summed E-state index contributed by atoms with van der Waals surface area (Å²) >= 11 is 0. The number of hydrogen-bond acceptors (Lipinski definition) is 6. The smallest absolute Gasteiger partial charge is 0.338 e. The van der Waals surface area contributed by atoms with Gasteiger partial charge in [0.25, 0.3) is 0 Å². The second kappa shape index (κ2) is 5.04. The van der Waals surface area contributed by atoms with Gasteiger partial charge in [-0.1, -0.05) is 0 Å². The Bertz CT molecular complexity index is 361. The number of nitrogens with one attached hydrogen (secondary N) is 1. The van der Waals surface area contributed by atoms with Crippen molar-refractivity contribution in [2.75, 3.05) is 13.7 Å². The number of carbonyl (C=O) groups excluding carboxylic acids is 1. The quantitative estimate of drug-likeness (QED) is 0.617. The number of nitrogens with zero attached hydrogens (tertiary/aromatic N) is 3. The molecule has 0 aliphatic rings. The van der Waals surface area contributed by atoms with Crippen LogP contribution in [0.4, 0.5) is 0 Å². The van der Waals surface area contributed by atoms with Crippen LogP contribution in [0.2, 0.25) is 0 Å². The molecule has 0 saturated carbocycles.